The van der Waals surface area contributed by atoms with Gasteiger partial charge in [0, 0.05) is 31.5 Å². The largest absolute Gasteiger partial charge is 0.355 e. The second-order valence-electron chi connectivity index (χ2n) is 5.42. The maximum atomic E-state index is 11.4. The van der Waals surface area contributed by atoms with E-state index in [4.69, 9.17) is 0 Å². The Labute approximate surface area is 109 Å². The highest BCUT2D eigenvalue weighted by atomic mass is 16.1. The molecule has 98 valence electrons. The molecule has 7 nitrogen and oxygen atoms in total. The molecule has 0 radical (unpaired) electrons. The van der Waals surface area contributed by atoms with Gasteiger partial charge < -0.3 is 10.2 Å². The zero-order chi connectivity index (χ0) is 12.9. The van der Waals surface area contributed by atoms with Gasteiger partial charge in [-0.15, -0.1) is 0 Å². The molecule has 2 saturated heterocycles. The van der Waals surface area contributed by atoms with Crippen LogP contribution in [-0.2, 0) is 4.79 Å². The summed E-state index contributed by atoms with van der Waals surface area (Å²) in [5.74, 6) is 1.12. The van der Waals surface area contributed by atoms with Crippen molar-refractivity contribution in [3.8, 4) is 0 Å². The molecule has 2 aromatic rings. The van der Waals surface area contributed by atoms with Gasteiger partial charge in [0.2, 0.25) is 5.91 Å². The summed E-state index contributed by atoms with van der Waals surface area (Å²) in [6.07, 6.45) is 6.70. The van der Waals surface area contributed by atoms with Crippen LogP contribution in [0.5, 0.6) is 0 Å². The molecule has 0 saturated carbocycles. The molecular formula is C12H14N6O. The van der Waals surface area contributed by atoms with E-state index in [0.717, 1.165) is 37.5 Å². The number of carbonyl (C=O) groups excluding carboxylic acids is 1. The number of hydrogen-bond donors (Lipinski definition) is 1. The third-order valence-electron chi connectivity index (χ3n) is 4.13. The lowest BCUT2D eigenvalue weighted by Gasteiger charge is -2.22. The van der Waals surface area contributed by atoms with E-state index in [1.807, 2.05) is 6.20 Å². The SMILES string of the molecule is O=C1CC2(CCN(c3cncc4ncnn34)C2)CN1. The zero-order valence-electron chi connectivity index (χ0n) is 10.4. The fourth-order valence-corrected chi connectivity index (χ4v) is 3.13. The number of hydrogen-bond acceptors (Lipinski definition) is 5. The molecule has 1 N–H and O–H groups in total. The molecule has 0 aromatic carbocycles. The van der Waals surface area contributed by atoms with E-state index >= 15 is 0 Å². The van der Waals surface area contributed by atoms with Crippen LogP contribution >= 0.6 is 0 Å². The highest BCUT2D eigenvalue weighted by Crippen LogP contribution is 2.38. The predicted molar refractivity (Wildman–Crippen MR) is 67.7 cm³/mol. The lowest BCUT2D eigenvalue weighted by Crippen LogP contribution is -2.30. The van der Waals surface area contributed by atoms with Crippen molar-refractivity contribution in [3.63, 3.8) is 0 Å². The van der Waals surface area contributed by atoms with Gasteiger partial charge in [0.15, 0.2) is 11.5 Å². The average Bonchev–Trinajstić information content (AvgIpc) is 3.10. The minimum atomic E-state index is 0.0832. The van der Waals surface area contributed by atoms with Crippen molar-refractivity contribution >= 4 is 17.4 Å². The molecule has 2 fully saturated rings. The van der Waals surface area contributed by atoms with Gasteiger partial charge in [0.25, 0.3) is 0 Å². The molecule has 2 aromatic heterocycles. The van der Waals surface area contributed by atoms with E-state index in [-0.39, 0.29) is 11.3 Å². The number of aromatic nitrogens is 4. The fourth-order valence-electron chi connectivity index (χ4n) is 3.13. The standard InChI is InChI=1S/C12H14N6O/c19-10-3-12(6-14-10)1-2-17(7-12)11-5-13-4-9-15-8-16-18(9)11/h4-5,8H,1-3,6-7H2,(H,14,19). The van der Waals surface area contributed by atoms with E-state index < -0.39 is 0 Å². The molecule has 4 rings (SSSR count). The van der Waals surface area contributed by atoms with Gasteiger partial charge >= 0.3 is 0 Å². The van der Waals surface area contributed by atoms with Crippen LogP contribution in [-0.4, -0.2) is 45.1 Å². The Kier molecular flexibility index (Phi) is 2.06. The summed E-state index contributed by atoms with van der Waals surface area (Å²) in [5, 5.41) is 7.18. The van der Waals surface area contributed by atoms with Crippen molar-refractivity contribution in [1.29, 1.82) is 0 Å². The smallest absolute Gasteiger partial charge is 0.220 e. The van der Waals surface area contributed by atoms with Gasteiger partial charge in [-0.1, -0.05) is 0 Å². The Balaban J connectivity index is 1.68. The van der Waals surface area contributed by atoms with Crippen LogP contribution in [0.25, 0.3) is 5.65 Å². The summed E-state index contributed by atoms with van der Waals surface area (Å²) in [6.45, 7) is 2.57. The molecule has 2 aliphatic rings. The summed E-state index contributed by atoms with van der Waals surface area (Å²) in [4.78, 5) is 22.1. The van der Waals surface area contributed by atoms with Gasteiger partial charge in [-0.05, 0) is 6.42 Å². The number of amides is 1. The maximum Gasteiger partial charge on any atom is 0.220 e. The van der Waals surface area contributed by atoms with Crippen LogP contribution in [0.15, 0.2) is 18.7 Å². The second kappa shape index (κ2) is 3.66. The Morgan fingerprint density at radius 3 is 3.16 bits per heavy atom. The molecule has 1 atom stereocenters. The van der Waals surface area contributed by atoms with E-state index in [2.05, 4.69) is 25.3 Å². The van der Waals surface area contributed by atoms with Crippen molar-refractivity contribution in [1.82, 2.24) is 24.9 Å². The summed E-state index contributed by atoms with van der Waals surface area (Å²) < 4.78 is 1.80. The van der Waals surface area contributed by atoms with Crippen LogP contribution in [0.2, 0.25) is 0 Å². The van der Waals surface area contributed by atoms with Crippen LogP contribution in [0.3, 0.4) is 0 Å². The van der Waals surface area contributed by atoms with Gasteiger partial charge in [-0.3, -0.25) is 9.78 Å². The Morgan fingerprint density at radius 1 is 1.37 bits per heavy atom. The summed E-state index contributed by atoms with van der Waals surface area (Å²) in [7, 11) is 0. The topological polar surface area (TPSA) is 75.4 Å². The molecule has 19 heavy (non-hydrogen) atoms. The number of anilines is 1. The van der Waals surface area contributed by atoms with Crippen molar-refractivity contribution in [2.24, 2.45) is 5.41 Å². The molecule has 1 spiro atoms. The lowest BCUT2D eigenvalue weighted by molar-refractivity contribution is -0.119. The van der Waals surface area contributed by atoms with Crippen molar-refractivity contribution in [2.45, 2.75) is 12.8 Å². The van der Waals surface area contributed by atoms with Crippen LogP contribution in [0.4, 0.5) is 5.82 Å². The maximum absolute atomic E-state index is 11.4. The highest BCUT2D eigenvalue weighted by molar-refractivity contribution is 5.79. The Morgan fingerprint density at radius 2 is 2.32 bits per heavy atom. The van der Waals surface area contributed by atoms with E-state index in [0.29, 0.717) is 6.42 Å². The first-order valence-corrected chi connectivity index (χ1v) is 6.41. The number of nitrogens with zero attached hydrogens (tertiary/aromatic N) is 5. The van der Waals surface area contributed by atoms with Gasteiger partial charge in [-0.2, -0.15) is 9.61 Å². The number of fused-ring (bicyclic) bond motifs is 1. The van der Waals surface area contributed by atoms with E-state index in [9.17, 15) is 4.79 Å². The third kappa shape index (κ3) is 1.57. The van der Waals surface area contributed by atoms with Crippen molar-refractivity contribution < 1.29 is 4.79 Å². The zero-order valence-corrected chi connectivity index (χ0v) is 10.4. The number of nitrogens with one attached hydrogen (secondary N) is 1. The highest BCUT2D eigenvalue weighted by Gasteiger charge is 2.44. The van der Waals surface area contributed by atoms with E-state index in [1.165, 1.54) is 6.33 Å². The molecule has 0 bridgehead atoms. The van der Waals surface area contributed by atoms with Gasteiger partial charge in [-0.25, -0.2) is 4.98 Å². The Hall–Kier alpha value is -2.18. The van der Waals surface area contributed by atoms with Gasteiger partial charge in [0.05, 0.1) is 12.4 Å². The summed E-state index contributed by atoms with van der Waals surface area (Å²) in [5.41, 5.74) is 0.832. The minimum Gasteiger partial charge on any atom is -0.355 e. The quantitative estimate of drug-likeness (QED) is 0.769. The summed E-state index contributed by atoms with van der Waals surface area (Å²) >= 11 is 0. The number of carbonyl (C=O) groups is 1. The third-order valence-corrected chi connectivity index (χ3v) is 4.13. The predicted octanol–water partition coefficient (Wildman–Crippen LogP) is -0.159. The van der Waals surface area contributed by atoms with Crippen molar-refractivity contribution in [3.05, 3.63) is 18.7 Å². The van der Waals surface area contributed by atoms with Crippen LogP contribution in [0, 0.1) is 5.41 Å². The lowest BCUT2D eigenvalue weighted by atomic mass is 9.86. The number of rotatable bonds is 1. The molecular weight excluding hydrogens is 244 g/mol. The Bertz CT molecular complexity index is 652. The first-order chi connectivity index (χ1) is 9.26. The second-order valence-corrected chi connectivity index (χ2v) is 5.42. The molecule has 1 unspecified atom stereocenters. The first-order valence-electron chi connectivity index (χ1n) is 6.41. The van der Waals surface area contributed by atoms with Crippen LogP contribution in [0.1, 0.15) is 12.8 Å². The van der Waals surface area contributed by atoms with Gasteiger partial charge in [0.1, 0.15) is 6.33 Å². The molecule has 1 amide bonds. The minimum absolute atomic E-state index is 0.0832. The van der Waals surface area contributed by atoms with Crippen molar-refractivity contribution in [2.75, 3.05) is 24.5 Å². The van der Waals surface area contributed by atoms with Crippen LogP contribution < -0.4 is 10.2 Å². The average molecular weight is 258 g/mol. The summed E-state index contributed by atoms with van der Waals surface area (Å²) in [6, 6.07) is 0. The molecule has 0 aliphatic carbocycles. The van der Waals surface area contributed by atoms with E-state index in [1.54, 1.807) is 10.7 Å². The fraction of sp³-hybridized carbons (Fsp3) is 0.500. The monoisotopic (exact) mass is 258 g/mol. The molecule has 2 aliphatic heterocycles. The molecule has 4 heterocycles. The first kappa shape index (κ1) is 10.7. The molecule has 7 heteroatoms. The normalized spacial score (nSPS) is 26.5.